The minimum Gasteiger partial charge on any atom is -0.346 e. The summed E-state index contributed by atoms with van der Waals surface area (Å²) in [5, 5.41) is 3.30. The van der Waals surface area contributed by atoms with Gasteiger partial charge in [-0.05, 0) is 30.7 Å². The van der Waals surface area contributed by atoms with E-state index in [1.54, 1.807) is 6.08 Å². The first-order valence-corrected chi connectivity index (χ1v) is 7.69. The van der Waals surface area contributed by atoms with E-state index in [1.165, 1.54) is 6.08 Å². The van der Waals surface area contributed by atoms with Crippen molar-refractivity contribution in [3.63, 3.8) is 0 Å². The van der Waals surface area contributed by atoms with Gasteiger partial charge in [0.25, 0.3) is 0 Å². The fourth-order valence-electron chi connectivity index (χ4n) is 2.38. The lowest BCUT2D eigenvalue weighted by Crippen LogP contribution is -2.24. The monoisotopic (exact) mass is 325 g/mol. The van der Waals surface area contributed by atoms with Gasteiger partial charge in [-0.1, -0.05) is 48.0 Å². The Balaban J connectivity index is 1.74. The van der Waals surface area contributed by atoms with E-state index in [1.807, 2.05) is 66.1 Å². The maximum absolute atomic E-state index is 12.1. The van der Waals surface area contributed by atoms with Gasteiger partial charge in [-0.25, -0.2) is 4.98 Å². The number of hydrogen-bond acceptors (Lipinski definition) is 2. The average Bonchev–Trinajstić information content (AvgIpc) is 2.89. The molecule has 0 radical (unpaired) electrons. The molecule has 0 spiro atoms. The summed E-state index contributed by atoms with van der Waals surface area (Å²) < 4.78 is 1.84. The van der Waals surface area contributed by atoms with Crippen LogP contribution in [0.25, 0.3) is 11.7 Å². The van der Waals surface area contributed by atoms with Gasteiger partial charge in [0.2, 0.25) is 5.91 Å². The highest BCUT2D eigenvalue weighted by atomic mass is 35.5. The zero-order valence-electron chi connectivity index (χ0n) is 12.6. The van der Waals surface area contributed by atoms with Crippen molar-refractivity contribution in [3.05, 3.63) is 77.2 Å². The zero-order chi connectivity index (χ0) is 16.2. The van der Waals surface area contributed by atoms with Crippen LogP contribution in [-0.4, -0.2) is 15.3 Å². The Hall–Kier alpha value is -2.59. The Bertz CT molecular complexity index is 855. The van der Waals surface area contributed by atoms with E-state index in [0.29, 0.717) is 10.8 Å². The second kappa shape index (κ2) is 6.67. The molecule has 0 aliphatic carbocycles. The number of carbonyl (C=O) groups excluding carboxylic acids is 1. The minimum atomic E-state index is -0.177. The Morgan fingerprint density at radius 1 is 1.22 bits per heavy atom. The molecule has 2 heterocycles. The summed E-state index contributed by atoms with van der Waals surface area (Å²) in [5.74, 6) is -0.177. The van der Waals surface area contributed by atoms with E-state index in [0.717, 1.165) is 11.2 Å². The number of imidazole rings is 1. The van der Waals surface area contributed by atoms with E-state index < -0.39 is 0 Å². The van der Waals surface area contributed by atoms with Gasteiger partial charge in [0.05, 0.1) is 11.7 Å². The maximum Gasteiger partial charge on any atom is 0.244 e. The Morgan fingerprint density at radius 2 is 1.96 bits per heavy atom. The van der Waals surface area contributed by atoms with Gasteiger partial charge in [0.1, 0.15) is 5.65 Å². The van der Waals surface area contributed by atoms with Gasteiger partial charge in [0, 0.05) is 12.3 Å². The molecule has 3 aromatic rings. The lowest BCUT2D eigenvalue weighted by molar-refractivity contribution is -0.117. The van der Waals surface area contributed by atoms with Crippen LogP contribution in [0.15, 0.2) is 60.8 Å². The molecule has 0 saturated carbocycles. The number of aromatic nitrogens is 2. The van der Waals surface area contributed by atoms with Crippen LogP contribution in [0.5, 0.6) is 0 Å². The standard InChI is InChI=1S/C18H16ClN3O/c1-13(14-7-3-2-4-8-14)20-17(23)11-10-15-18(19)21-16-9-5-6-12-22(15)16/h2-13H,1H3,(H,20,23)/b11-10+. The summed E-state index contributed by atoms with van der Waals surface area (Å²) in [6.45, 7) is 1.95. The van der Waals surface area contributed by atoms with Crippen LogP contribution in [0.3, 0.4) is 0 Å². The molecule has 1 amide bonds. The van der Waals surface area contributed by atoms with Crippen LogP contribution < -0.4 is 5.32 Å². The number of nitrogens with one attached hydrogen (secondary N) is 1. The number of carbonyl (C=O) groups is 1. The molecule has 5 heteroatoms. The highest BCUT2D eigenvalue weighted by Crippen LogP contribution is 2.19. The number of hydrogen-bond donors (Lipinski definition) is 1. The van der Waals surface area contributed by atoms with Gasteiger partial charge < -0.3 is 5.32 Å². The molecule has 1 N–H and O–H groups in total. The first kappa shape index (κ1) is 15.3. The molecule has 116 valence electrons. The highest BCUT2D eigenvalue weighted by Gasteiger charge is 2.09. The van der Waals surface area contributed by atoms with E-state index in [9.17, 15) is 4.79 Å². The number of nitrogens with zero attached hydrogens (tertiary/aromatic N) is 2. The molecule has 0 fully saturated rings. The normalized spacial score (nSPS) is 12.6. The summed E-state index contributed by atoms with van der Waals surface area (Å²) in [4.78, 5) is 16.3. The molecule has 0 aliphatic rings. The Morgan fingerprint density at radius 3 is 2.74 bits per heavy atom. The number of rotatable bonds is 4. The van der Waals surface area contributed by atoms with Crippen molar-refractivity contribution in [3.8, 4) is 0 Å². The maximum atomic E-state index is 12.1. The van der Waals surface area contributed by atoms with Crippen molar-refractivity contribution in [1.29, 1.82) is 0 Å². The number of fused-ring (bicyclic) bond motifs is 1. The molecule has 4 nitrogen and oxygen atoms in total. The molecule has 0 saturated heterocycles. The third kappa shape index (κ3) is 3.43. The number of benzene rings is 1. The Labute approximate surface area is 139 Å². The van der Waals surface area contributed by atoms with Gasteiger partial charge >= 0.3 is 0 Å². The lowest BCUT2D eigenvalue weighted by atomic mass is 10.1. The summed E-state index contributed by atoms with van der Waals surface area (Å²) in [6, 6.07) is 15.4. The lowest BCUT2D eigenvalue weighted by Gasteiger charge is -2.12. The number of halogens is 1. The minimum absolute atomic E-state index is 0.0639. The van der Waals surface area contributed by atoms with E-state index in [-0.39, 0.29) is 11.9 Å². The predicted octanol–water partition coefficient (Wildman–Crippen LogP) is 3.88. The second-order valence-electron chi connectivity index (χ2n) is 5.19. The molecule has 2 aromatic heterocycles. The molecule has 1 aromatic carbocycles. The molecule has 0 aliphatic heterocycles. The highest BCUT2D eigenvalue weighted by molar-refractivity contribution is 6.31. The van der Waals surface area contributed by atoms with E-state index in [2.05, 4.69) is 10.3 Å². The van der Waals surface area contributed by atoms with Crippen molar-refractivity contribution in [2.24, 2.45) is 0 Å². The topological polar surface area (TPSA) is 46.4 Å². The van der Waals surface area contributed by atoms with E-state index >= 15 is 0 Å². The summed E-state index contributed by atoms with van der Waals surface area (Å²) in [7, 11) is 0. The van der Waals surface area contributed by atoms with E-state index in [4.69, 9.17) is 11.6 Å². The van der Waals surface area contributed by atoms with Crippen LogP contribution >= 0.6 is 11.6 Å². The van der Waals surface area contributed by atoms with Crippen molar-refractivity contribution >= 4 is 29.2 Å². The van der Waals surface area contributed by atoms with Gasteiger partial charge in [-0.3, -0.25) is 9.20 Å². The first-order valence-electron chi connectivity index (χ1n) is 7.31. The first-order chi connectivity index (χ1) is 11.1. The smallest absolute Gasteiger partial charge is 0.244 e. The summed E-state index contributed by atoms with van der Waals surface area (Å²) in [6.07, 6.45) is 5.01. The molecule has 23 heavy (non-hydrogen) atoms. The quantitative estimate of drug-likeness (QED) is 0.740. The van der Waals surface area contributed by atoms with Crippen LogP contribution in [0.2, 0.25) is 5.15 Å². The largest absolute Gasteiger partial charge is 0.346 e. The Kier molecular flexibility index (Phi) is 4.44. The molecular formula is C18H16ClN3O. The van der Waals surface area contributed by atoms with Crippen LogP contribution in [0, 0.1) is 0 Å². The zero-order valence-corrected chi connectivity index (χ0v) is 13.4. The van der Waals surface area contributed by atoms with Crippen molar-refractivity contribution in [1.82, 2.24) is 14.7 Å². The van der Waals surface area contributed by atoms with Crippen LogP contribution in [0.4, 0.5) is 0 Å². The van der Waals surface area contributed by atoms with Crippen LogP contribution in [0.1, 0.15) is 24.2 Å². The fourth-order valence-corrected chi connectivity index (χ4v) is 2.62. The van der Waals surface area contributed by atoms with Gasteiger partial charge in [-0.15, -0.1) is 0 Å². The average molecular weight is 326 g/mol. The second-order valence-corrected chi connectivity index (χ2v) is 5.55. The summed E-state index contributed by atoms with van der Waals surface area (Å²) >= 11 is 6.14. The van der Waals surface area contributed by atoms with Gasteiger partial charge in [0.15, 0.2) is 5.15 Å². The predicted molar refractivity (Wildman–Crippen MR) is 92.2 cm³/mol. The number of pyridine rings is 1. The third-order valence-corrected chi connectivity index (χ3v) is 3.85. The van der Waals surface area contributed by atoms with Crippen molar-refractivity contribution in [2.45, 2.75) is 13.0 Å². The van der Waals surface area contributed by atoms with Crippen molar-refractivity contribution in [2.75, 3.05) is 0 Å². The fraction of sp³-hybridized carbons (Fsp3) is 0.111. The molecule has 1 unspecified atom stereocenters. The summed E-state index contributed by atoms with van der Waals surface area (Å²) in [5.41, 5.74) is 2.49. The van der Waals surface area contributed by atoms with Gasteiger partial charge in [-0.2, -0.15) is 0 Å². The molecule has 0 bridgehead atoms. The third-order valence-electron chi connectivity index (χ3n) is 3.57. The van der Waals surface area contributed by atoms with Crippen LogP contribution in [-0.2, 0) is 4.79 Å². The number of amides is 1. The SMILES string of the molecule is CC(NC(=O)/C=C/c1c(Cl)nc2ccccn12)c1ccccc1. The molecule has 1 atom stereocenters. The molecule has 3 rings (SSSR count). The van der Waals surface area contributed by atoms with Crippen molar-refractivity contribution < 1.29 is 4.79 Å². The molecular weight excluding hydrogens is 310 g/mol.